The lowest BCUT2D eigenvalue weighted by Gasteiger charge is -2.19. The van der Waals surface area contributed by atoms with Crippen molar-refractivity contribution in [3.63, 3.8) is 0 Å². The molecule has 1 heterocycles. The van der Waals surface area contributed by atoms with Crippen molar-refractivity contribution in [3.8, 4) is 0 Å². The van der Waals surface area contributed by atoms with Crippen LogP contribution in [0.25, 0.3) is 0 Å². The van der Waals surface area contributed by atoms with E-state index < -0.39 is 5.97 Å². The third kappa shape index (κ3) is 5.49. The largest absolute Gasteiger partial charge is 0.481 e. The summed E-state index contributed by atoms with van der Waals surface area (Å²) in [5.74, 6) is -0.216. The second-order valence-electron chi connectivity index (χ2n) is 5.53. The van der Waals surface area contributed by atoms with Gasteiger partial charge in [-0.05, 0) is 31.2 Å². The molecule has 1 saturated heterocycles. The summed E-state index contributed by atoms with van der Waals surface area (Å²) in [7, 11) is 0. The summed E-state index contributed by atoms with van der Waals surface area (Å²) in [5.41, 5.74) is 0. The Morgan fingerprint density at radius 1 is 1.44 bits per heavy atom. The van der Waals surface area contributed by atoms with E-state index in [-0.39, 0.29) is 24.2 Å². The second-order valence-corrected chi connectivity index (χ2v) is 5.53. The van der Waals surface area contributed by atoms with Crippen molar-refractivity contribution in [3.05, 3.63) is 0 Å². The molecule has 3 N–H and O–H groups in total. The third-order valence-corrected chi connectivity index (χ3v) is 3.26. The van der Waals surface area contributed by atoms with Crippen LogP contribution in [0, 0.1) is 17.8 Å². The highest BCUT2D eigenvalue weighted by Gasteiger charge is 2.23. The van der Waals surface area contributed by atoms with Gasteiger partial charge in [-0.25, -0.2) is 0 Å². The summed E-state index contributed by atoms with van der Waals surface area (Å²) in [6, 6.07) is 0. The fraction of sp³-hybridized carbons (Fsp3) is 0.846. The molecule has 1 aliphatic heterocycles. The van der Waals surface area contributed by atoms with E-state index in [4.69, 9.17) is 5.11 Å². The molecule has 0 radical (unpaired) electrons. The SMILES string of the molecule is CC(C)C[C@H](CNC(=O)C1CCNC1)CC(=O)O. The molecule has 18 heavy (non-hydrogen) atoms. The van der Waals surface area contributed by atoms with E-state index in [1.54, 1.807) is 0 Å². The minimum absolute atomic E-state index is 0.0285. The lowest BCUT2D eigenvalue weighted by atomic mass is 9.94. The number of amides is 1. The Bertz CT molecular complexity index is 286. The van der Waals surface area contributed by atoms with E-state index in [0.717, 1.165) is 25.9 Å². The molecule has 5 heteroatoms. The van der Waals surface area contributed by atoms with Crippen molar-refractivity contribution in [1.82, 2.24) is 10.6 Å². The summed E-state index contributed by atoms with van der Waals surface area (Å²) < 4.78 is 0. The molecule has 1 unspecified atom stereocenters. The molecule has 0 bridgehead atoms. The van der Waals surface area contributed by atoms with Gasteiger partial charge in [0.1, 0.15) is 0 Å². The number of nitrogens with one attached hydrogen (secondary N) is 2. The molecular formula is C13H24N2O3. The van der Waals surface area contributed by atoms with Crippen LogP contribution in [0.1, 0.15) is 33.1 Å². The molecule has 1 fully saturated rings. The maximum atomic E-state index is 11.8. The summed E-state index contributed by atoms with van der Waals surface area (Å²) >= 11 is 0. The van der Waals surface area contributed by atoms with Crippen LogP contribution in [0.15, 0.2) is 0 Å². The van der Waals surface area contributed by atoms with Crippen LogP contribution in [0.3, 0.4) is 0 Å². The molecule has 0 aromatic rings. The summed E-state index contributed by atoms with van der Waals surface area (Å²) in [4.78, 5) is 22.6. The number of carboxylic acid groups (broad SMARTS) is 1. The van der Waals surface area contributed by atoms with Crippen LogP contribution >= 0.6 is 0 Å². The van der Waals surface area contributed by atoms with E-state index in [9.17, 15) is 9.59 Å². The first-order valence-corrected chi connectivity index (χ1v) is 6.69. The van der Waals surface area contributed by atoms with E-state index in [1.165, 1.54) is 0 Å². The minimum atomic E-state index is -0.794. The van der Waals surface area contributed by atoms with E-state index in [1.807, 2.05) is 0 Å². The predicted molar refractivity (Wildman–Crippen MR) is 69.2 cm³/mol. The highest BCUT2D eigenvalue weighted by molar-refractivity contribution is 5.79. The van der Waals surface area contributed by atoms with Crippen molar-refractivity contribution in [1.29, 1.82) is 0 Å². The van der Waals surface area contributed by atoms with Gasteiger partial charge in [-0.3, -0.25) is 9.59 Å². The Morgan fingerprint density at radius 3 is 2.67 bits per heavy atom. The maximum absolute atomic E-state index is 11.8. The number of hydrogen-bond donors (Lipinski definition) is 3. The lowest BCUT2D eigenvalue weighted by Crippen LogP contribution is -2.36. The van der Waals surface area contributed by atoms with Gasteiger partial charge in [-0.2, -0.15) is 0 Å². The Hall–Kier alpha value is -1.10. The maximum Gasteiger partial charge on any atom is 0.303 e. The third-order valence-electron chi connectivity index (χ3n) is 3.26. The van der Waals surface area contributed by atoms with Gasteiger partial charge >= 0.3 is 5.97 Å². The molecular weight excluding hydrogens is 232 g/mol. The van der Waals surface area contributed by atoms with Crippen molar-refractivity contribution in [2.75, 3.05) is 19.6 Å². The van der Waals surface area contributed by atoms with Crippen LogP contribution in [0.2, 0.25) is 0 Å². The zero-order valence-corrected chi connectivity index (χ0v) is 11.2. The number of rotatable bonds is 7. The first kappa shape index (κ1) is 15.0. The molecule has 0 aromatic heterocycles. The minimum Gasteiger partial charge on any atom is -0.481 e. The lowest BCUT2D eigenvalue weighted by molar-refractivity contribution is -0.138. The monoisotopic (exact) mass is 256 g/mol. The van der Waals surface area contributed by atoms with E-state index in [2.05, 4.69) is 24.5 Å². The fourth-order valence-electron chi connectivity index (χ4n) is 2.42. The van der Waals surface area contributed by atoms with Gasteiger partial charge in [-0.1, -0.05) is 13.8 Å². The summed E-state index contributed by atoms with van der Waals surface area (Å²) in [6.45, 7) is 6.23. The molecule has 1 amide bonds. The molecule has 1 aliphatic rings. The van der Waals surface area contributed by atoms with Gasteiger partial charge in [0.15, 0.2) is 0 Å². The average molecular weight is 256 g/mol. The first-order valence-electron chi connectivity index (χ1n) is 6.69. The zero-order chi connectivity index (χ0) is 13.5. The molecule has 104 valence electrons. The number of carbonyl (C=O) groups excluding carboxylic acids is 1. The Morgan fingerprint density at radius 2 is 2.17 bits per heavy atom. The average Bonchev–Trinajstić information content (AvgIpc) is 2.77. The van der Waals surface area contributed by atoms with Crippen molar-refractivity contribution >= 4 is 11.9 Å². The Kier molecular flexibility index (Phi) is 6.12. The van der Waals surface area contributed by atoms with Gasteiger partial charge in [-0.15, -0.1) is 0 Å². The van der Waals surface area contributed by atoms with Gasteiger partial charge < -0.3 is 15.7 Å². The fourth-order valence-corrected chi connectivity index (χ4v) is 2.42. The van der Waals surface area contributed by atoms with Crippen LogP contribution in [-0.2, 0) is 9.59 Å². The summed E-state index contributed by atoms with van der Waals surface area (Å²) in [6.07, 6.45) is 1.83. The van der Waals surface area contributed by atoms with Crippen LogP contribution in [-0.4, -0.2) is 36.6 Å². The quantitative estimate of drug-likeness (QED) is 0.631. The Balaban J connectivity index is 2.35. The molecule has 2 atom stereocenters. The van der Waals surface area contributed by atoms with Crippen molar-refractivity contribution in [2.24, 2.45) is 17.8 Å². The highest BCUT2D eigenvalue weighted by Crippen LogP contribution is 2.15. The molecule has 5 nitrogen and oxygen atoms in total. The zero-order valence-electron chi connectivity index (χ0n) is 11.2. The van der Waals surface area contributed by atoms with Gasteiger partial charge in [0.2, 0.25) is 5.91 Å². The number of hydrogen-bond acceptors (Lipinski definition) is 3. The van der Waals surface area contributed by atoms with Gasteiger partial charge in [0.05, 0.1) is 5.92 Å². The van der Waals surface area contributed by atoms with Crippen molar-refractivity contribution < 1.29 is 14.7 Å². The van der Waals surface area contributed by atoms with Crippen LogP contribution < -0.4 is 10.6 Å². The van der Waals surface area contributed by atoms with Crippen LogP contribution in [0.4, 0.5) is 0 Å². The topological polar surface area (TPSA) is 78.4 Å². The van der Waals surface area contributed by atoms with Gasteiger partial charge in [0.25, 0.3) is 0 Å². The number of aliphatic carboxylic acids is 1. The first-order chi connectivity index (χ1) is 8.49. The highest BCUT2D eigenvalue weighted by atomic mass is 16.4. The van der Waals surface area contributed by atoms with E-state index >= 15 is 0 Å². The molecule has 0 saturated carbocycles. The number of carbonyl (C=O) groups is 2. The van der Waals surface area contributed by atoms with Gasteiger partial charge in [0, 0.05) is 19.5 Å². The molecule has 1 rings (SSSR count). The standard InChI is InChI=1S/C13H24N2O3/c1-9(2)5-10(6-12(16)17)7-15-13(18)11-3-4-14-8-11/h9-11,14H,3-8H2,1-2H3,(H,15,18)(H,16,17)/t10-,11?/m0/s1. The van der Waals surface area contributed by atoms with E-state index in [0.29, 0.717) is 12.5 Å². The smallest absolute Gasteiger partial charge is 0.303 e. The predicted octanol–water partition coefficient (Wildman–Crippen LogP) is 0.849. The molecule has 0 aliphatic carbocycles. The summed E-state index contributed by atoms with van der Waals surface area (Å²) in [5, 5.41) is 14.9. The molecule has 0 spiro atoms. The normalized spacial score (nSPS) is 20.9. The Labute approximate surface area is 108 Å². The van der Waals surface area contributed by atoms with Crippen LogP contribution in [0.5, 0.6) is 0 Å². The second kappa shape index (κ2) is 7.36. The number of carboxylic acids is 1. The van der Waals surface area contributed by atoms with Crippen molar-refractivity contribution in [2.45, 2.75) is 33.1 Å². The molecule has 0 aromatic carbocycles.